The first-order chi connectivity index (χ1) is 9.40. The minimum absolute atomic E-state index is 0.000321. The van der Waals surface area contributed by atoms with Crippen LogP contribution in [0.2, 0.25) is 0 Å². The molecular formula is C13H14O6S. The van der Waals surface area contributed by atoms with Gasteiger partial charge in [-0.05, 0) is 19.1 Å². The van der Waals surface area contributed by atoms with Crippen LogP contribution in [0.15, 0.2) is 42.0 Å². The first-order valence-electron chi connectivity index (χ1n) is 5.60. The quantitative estimate of drug-likeness (QED) is 0.424. The van der Waals surface area contributed by atoms with Crippen LogP contribution < -0.4 is 0 Å². The highest BCUT2D eigenvalue weighted by molar-refractivity contribution is 7.91. The zero-order valence-corrected chi connectivity index (χ0v) is 11.6. The Kier molecular flexibility index (Phi) is 5.45. The number of hydrogen-bond acceptors (Lipinski definition) is 6. The van der Waals surface area contributed by atoms with Crippen LogP contribution in [-0.4, -0.2) is 32.7 Å². The summed E-state index contributed by atoms with van der Waals surface area (Å²) >= 11 is 0. The molecule has 0 saturated heterocycles. The molecule has 0 aliphatic carbocycles. The fraction of sp³-hybridized carbons (Fsp3) is 0.231. The van der Waals surface area contributed by atoms with Gasteiger partial charge in [-0.25, -0.2) is 13.2 Å². The van der Waals surface area contributed by atoms with Crippen LogP contribution in [-0.2, 0) is 28.9 Å². The standard InChI is InChI=1S/C13H14O6S/c1-3-18-13(15)12(19-9-14)8-20(16,17)11-6-4-10(2)5-7-11/h3-7,9,12H,1,8H2,2H3. The van der Waals surface area contributed by atoms with E-state index in [4.69, 9.17) is 0 Å². The van der Waals surface area contributed by atoms with Gasteiger partial charge < -0.3 is 9.47 Å². The van der Waals surface area contributed by atoms with Crippen LogP contribution >= 0.6 is 0 Å². The van der Waals surface area contributed by atoms with Crippen LogP contribution in [0.1, 0.15) is 5.56 Å². The van der Waals surface area contributed by atoms with Crippen LogP contribution in [0.25, 0.3) is 0 Å². The lowest BCUT2D eigenvalue weighted by atomic mass is 10.2. The van der Waals surface area contributed by atoms with E-state index in [9.17, 15) is 18.0 Å². The van der Waals surface area contributed by atoms with Gasteiger partial charge in [0.05, 0.1) is 11.2 Å². The van der Waals surface area contributed by atoms with Gasteiger partial charge in [-0.2, -0.15) is 0 Å². The highest BCUT2D eigenvalue weighted by Gasteiger charge is 2.29. The van der Waals surface area contributed by atoms with Crippen LogP contribution in [0.5, 0.6) is 0 Å². The predicted octanol–water partition coefficient (Wildman–Crippen LogP) is 0.997. The molecule has 0 radical (unpaired) electrons. The Morgan fingerprint density at radius 2 is 1.95 bits per heavy atom. The van der Waals surface area contributed by atoms with Crippen molar-refractivity contribution in [3.8, 4) is 0 Å². The third kappa shape index (κ3) is 4.20. The summed E-state index contributed by atoms with van der Waals surface area (Å²) < 4.78 is 33.1. The average molecular weight is 298 g/mol. The summed E-state index contributed by atoms with van der Waals surface area (Å²) in [6.07, 6.45) is -0.695. The lowest BCUT2D eigenvalue weighted by Crippen LogP contribution is -2.32. The molecule has 1 rings (SSSR count). The topological polar surface area (TPSA) is 86.7 Å². The van der Waals surface area contributed by atoms with Gasteiger partial charge in [0, 0.05) is 0 Å². The molecule has 0 N–H and O–H groups in total. The zero-order chi connectivity index (χ0) is 15.2. The Morgan fingerprint density at radius 3 is 2.45 bits per heavy atom. The maximum absolute atomic E-state index is 12.1. The molecule has 0 aromatic heterocycles. The summed E-state index contributed by atoms with van der Waals surface area (Å²) in [7, 11) is -3.78. The molecule has 0 bridgehead atoms. The zero-order valence-electron chi connectivity index (χ0n) is 10.8. The van der Waals surface area contributed by atoms with Crippen molar-refractivity contribution >= 4 is 22.3 Å². The van der Waals surface area contributed by atoms with Crippen molar-refractivity contribution in [1.29, 1.82) is 0 Å². The summed E-state index contributed by atoms with van der Waals surface area (Å²) in [4.78, 5) is 21.8. The van der Waals surface area contributed by atoms with E-state index in [-0.39, 0.29) is 11.4 Å². The summed E-state index contributed by atoms with van der Waals surface area (Å²) in [5.41, 5.74) is 0.899. The second-order valence-corrected chi connectivity index (χ2v) is 5.95. The highest BCUT2D eigenvalue weighted by Crippen LogP contribution is 2.14. The lowest BCUT2D eigenvalue weighted by molar-refractivity contribution is -0.155. The molecule has 1 aromatic carbocycles. The number of rotatable bonds is 7. The van der Waals surface area contributed by atoms with Crippen LogP contribution in [0.4, 0.5) is 0 Å². The van der Waals surface area contributed by atoms with E-state index in [0.717, 1.165) is 11.8 Å². The molecule has 0 saturated carbocycles. The highest BCUT2D eigenvalue weighted by atomic mass is 32.2. The summed E-state index contributed by atoms with van der Waals surface area (Å²) in [5, 5.41) is 0. The molecule has 6 nitrogen and oxygen atoms in total. The Balaban J connectivity index is 2.96. The number of carbonyl (C=O) groups is 2. The van der Waals surface area contributed by atoms with E-state index in [1.165, 1.54) is 12.1 Å². The molecule has 1 unspecified atom stereocenters. The Hall–Kier alpha value is -2.15. The molecule has 1 atom stereocenters. The van der Waals surface area contributed by atoms with Crippen molar-refractivity contribution in [2.75, 3.05) is 5.75 Å². The maximum atomic E-state index is 12.1. The summed E-state index contributed by atoms with van der Waals surface area (Å²) in [6.45, 7) is 4.99. The second-order valence-electron chi connectivity index (χ2n) is 3.92. The van der Waals surface area contributed by atoms with Crippen molar-refractivity contribution in [3.05, 3.63) is 42.7 Å². The molecular weight excluding hydrogens is 284 g/mol. The van der Waals surface area contributed by atoms with Crippen molar-refractivity contribution in [2.45, 2.75) is 17.9 Å². The molecule has 0 aliphatic rings. The van der Waals surface area contributed by atoms with Gasteiger partial charge in [0.1, 0.15) is 5.75 Å². The smallest absolute Gasteiger partial charge is 0.353 e. The van der Waals surface area contributed by atoms with Gasteiger partial charge in [-0.15, -0.1) is 0 Å². The predicted molar refractivity (Wildman–Crippen MR) is 70.5 cm³/mol. The fourth-order valence-corrected chi connectivity index (χ4v) is 2.79. The first-order valence-corrected chi connectivity index (χ1v) is 7.26. The van der Waals surface area contributed by atoms with E-state index in [1.54, 1.807) is 12.1 Å². The van der Waals surface area contributed by atoms with E-state index >= 15 is 0 Å². The third-order valence-corrected chi connectivity index (χ3v) is 4.17. The molecule has 108 valence electrons. The SMILES string of the molecule is C=COC(=O)C(CS(=O)(=O)c1ccc(C)cc1)OC=O. The van der Waals surface area contributed by atoms with Gasteiger partial charge in [-0.1, -0.05) is 24.3 Å². The van der Waals surface area contributed by atoms with E-state index < -0.39 is 27.7 Å². The molecule has 7 heteroatoms. The molecule has 0 fully saturated rings. The van der Waals surface area contributed by atoms with Crippen molar-refractivity contribution in [1.82, 2.24) is 0 Å². The monoisotopic (exact) mass is 298 g/mol. The molecule has 0 aliphatic heterocycles. The van der Waals surface area contributed by atoms with Crippen LogP contribution in [0, 0.1) is 6.92 Å². The summed E-state index contributed by atoms with van der Waals surface area (Å²) in [5.74, 6) is -1.69. The van der Waals surface area contributed by atoms with Gasteiger partial charge in [0.15, 0.2) is 9.84 Å². The van der Waals surface area contributed by atoms with E-state index in [2.05, 4.69) is 16.1 Å². The fourth-order valence-electron chi connectivity index (χ4n) is 1.43. The first kappa shape index (κ1) is 15.9. The molecule has 20 heavy (non-hydrogen) atoms. The summed E-state index contributed by atoms with van der Waals surface area (Å²) in [6, 6.07) is 6.10. The van der Waals surface area contributed by atoms with E-state index in [1.807, 2.05) is 6.92 Å². The van der Waals surface area contributed by atoms with Crippen LogP contribution in [0.3, 0.4) is 0 Å². The van der Waals surface area contributed by atoms with Crippen molar-refractivity contribution in [3.63, 3.8) is 0 Å². The molecule has 1 aromatic rings. The van der Waals surface area contributed by atoms with Crippen molar-refractivity contribution < 1.29 is 27.5 Å². The molecule has 0 spiro atoms. The lowest BCUT2D eigenvalue weighted by Gasteiger charge is -2.13. The van der Waals surface area contributed by atoms with Gasteiger partial charge >= 0.3 is 5.97 Å². The maximum Gasteiger partial charge on any atom is 0.353 e. The number of sulfone groups is 1. The van der Waals surface area contributed by atoms with Gasteiger partial charge in [0.2, 0.25) is 6.10 Å². The number of benzene rings is 1. The number of hydrogen-bond donors (Lipinski definition) is 0. The number of aryl methyl sites for hydroxylation is 1. The Labute approximate surface area is 116 Å². The van der Waals surface area contributed by atoms with E-state index in [0.29, 0.717) is 0 Å². The third-order valence-electron chi connectivity index (χ3n) is 2.43. The minimum Gasteiger partial charge on any atom is -0.451 e. The Bertz CT molecular complexity index is 588. The van der Waals surface area contributed by atoms with Gasteiger partial charge in [-0.3, -0.25) is 4.79 Å². The second kappa shape index (κ2) is 6.85. The minimum atomic E-state index is -3.78. The number of esters is 1. The molecule has 0 heterocycles. The molecule has 0 amide bonds. The number of ether oxygens (including phenoxy) is 2. The Morgan fingerprint density at radius 1 is 1.35 bits per heavy atom. The average Bonchev–Trinajstić information content (AvgIpc) is 2.39. The normalized spacial score (nSPS) is 12.2. The number of carbonyl (C=O) groups excluding carboxylic acids is 2. The van der Waals surface area contributed by atoms with Gasteiger partial charge in [0.25, 0.3) is 6.47 Å². The van der Waals surface area contributed by atoms with Crippen molar-refractivity contribution in [2.24, 2.45) is 0 Å². The largest absolute Gasteiger partial charge is 0.451 e.